The number of para-hydroxylation sites is 1. The molecule has 3 heterocycles. The van der Waals surface area contributed by atoms with Crippen LogP contribution in [-0.4, -0.2) is 36.0 Å². The smallest absolute Gasteiger partial charge is 0.308 e. The minimum absolute atomic E-state index is 0.100. The second-order valence-electron chi connectivity index (χ2n) is 9.54. The number of thioether (sulfide) groups is 1. The Morgan fingerprint density at radius 2 is 1.51 bits per heavy atom. The zero-order chi connectivity index (χ0) is 28.9. The molecule has 1 fully saturated rings. The molecular weight excluding hydrogens is 585 g/mol. The molecular formula is C28H22N4O6S3. The van der Waals surface area contributed by atoms with E-state index in [1.807, 2.05) is 30.3 Å². The highest BCUT2D eigenvalue weighted by atomic mass is 32.2. The van der Waals surface area contributed by atoms with E-state index in [0.29, 0.717) is 21.3 Å². The first-order valence-electron chi connectivity index (χ1n) is 12.4. The summed E-state index contributed by atoms with van der Waals surface area (Å²) in [5, 5.41) is 7.48. The number of primary sulfonamides is 1. The fourth-order valence-electron chi connectivity index (χ4n) is 5.18. The van der Waals surface area contributed by atoms with Crippen molar-refractivity contribution in [1.29, 1.82) is 0 Å². The van der Waals surface area contributed by atoms with Gasteiger partial charge in [-0.2, -0.15) is 0 Å². The number of nitrogens with one attached hydrogen (secondary N) is 1. The molecule has 3 amide bonds. The zero-order valence-electron chi connectivity index (χ0n) is 21.2. The minimum Gasteiger partial charge on any atom is -0.325 e. The molecule has 2 unspecified atom stereocenters. The second kappa shape index (κ2) is 10.4. The van der Waals surface area contributed by atoms with E-state index in [0.717, 1.165) is 28.7 Å². The van der Waals surface area contributed by atoms with Gasteiger partial charge in [-0.25, -0.2) is 18.5 Å². The molecule has 1 aromatic heterocycles. The molecule has 6 rings (SSSR count). The van der Waals surface area contributed by atoms with E-state index < -0.39 is 33.0 Å². The highest BCUT2D eigenvalue weighted by molar-refractivity contribution is 8.00. The van der Waals surface area contributed by atoms with Crippen molar-refractivity contribution >= 4 is 62.2 Å². The monoisotopic (exact) mass is 606 g/mol. The molecule has 0 aliphatic carbocycles. The Morgan fingerprint density at radius 3 is 2.15 bits per heavy atom. The summed E-state index contributed by atoms with van der Waals surface area (Å²) in [7, 11) is -3.89. The Kier molecular flexibility index (Phi) is 6.90. The van der Waals surface area contributed by atoms with Crippen LogP contribution in [0.2, 0.25) is 0 Å². The first-order valence-corrected chi connectivity index (χ1v) is 15.7. The van der Waals surface area contributed by atoms with E-state index >= 15 is 0 Å². The maximum Gasteiger partial charge on any atom is 0.308 e. The number of carbonyl (C=O) groups is 3. The molecule has 2 aliphatic heterocycles. The topological polar surface area (TPSA) is 149 Å². The van der Waals surface area contributed by atoms with Gasteiger partial charge in [0.15, 0.2) is 0 Å². The summed E-state index contributed by atoms with van der Waals surface area (Å²) in [6, 6.07) is 23.4. The first kappa shape index (κ1) is 27.1. The lowest BCUT2D eigenvalue weighted by Crippen LogP contribution is -2.33. The van der Waals surface area contributed by atoms with E-state index in [4.69, 9.17) is 5.14 Å². The van der Waals surface area contributed by atoms with Crippen LogP contribution >= 0.6 is 23.1 Å². The number of fused-ring (bicyclic) bond motifs is 2. The number of hydrogen-bond donors (Lipinski definition) is 2. The van der Waals surface area contributed by atoms with Gasteiger partial charge in [0.2, 0.25) is 27.7 Å². The van der Waals surface area contributed by atoms with Crippen molar-refractivity contribution < 1.29 is 22.8 Å². The lowest BCUT2D eigenvalue weighted by atomic mass is 9.83. The molecule has 10 nitrogen and oxygen atoms in total. The van der Waals surface area contributed by atoms with Crippen molar-refractivity contribution in [3.63, 3.8) is 0 Å². The first-order chi connectivity index (χ1) is 19.6. The number of thiazole rings is 1. The summed E-state index contributed by atoms with van der Waals surface area (Å²) < 4.78 is 24.3. The van der Waals surface area contributed by atoms with Gasteiger partial charge in [-0.1, -0.05) is 71.6 Å². The van der Waals surface area contributed by atoms with Crippen LogP contribution in [0.25, 0.3) is 0 Å². The van der Waals surface area contributed by atoms with Crippen molar-refractivity contribution in [2.75, 3.05) is 10.2 Å². The van der Waals surface area contributed by atoms with Crippen LogP contribution in [-0.2, 0) is 31.0 Å². The Morgan fingerprint density at radius 1 is 0.878 bits per heavy atom. The van der Waals surface area contributed by atoms with Gasteiger partial charge in [0, 0.05) is 16.5 Å². The van der Waals surface area contributed by atoms with Gasteiger partial charge >= 0.3 is 4.87 Å². The summed E-state index contributed by atoms with van der Waals surface area (Å²) >= 11 is 2.10. The van der Waals surface area contributed by atoms with Gasteiger partial charge in [0.1, 0.15) is 11.8 Å². The molecule has 3 aromatic carbocycles. The molecule has 0 spiro atoms. The van der Waals surface area contributed by atoms with Crippen LogP contribution in [0, 0.1) is 5.92 Å². The van der Waals surface area contributed by atoms with Gasteiger partial charge in [0.05, 0.1) is 21.5 Å². The maximum absolute atomic E-state index is 13.8. The molecule has 4 aromatic rings. The third-order valence-corrected chi connectivity index (χ3v) is 10.5. The summed E-state index contributed by atoms with van der Waals surface area (Å²) in [4.78, 5) is 55.1. The van der Waals surface area contributed by atoms with Crippen molar-refractivity contribution in [2.24, 2.45) is 11.1 Å². The molecule has 13 heteroatoms. The molecule has 3 atom stereocenters. The number of nitrogens with zero attached hydrogens (tertiary/aromatic N) is 2. The van der Waals surface area contributed by atoms with Gasteiger partial charge in [-0.3, -0.25) is 23.7 Å². The average molecular weight is 607 g/mol. The van der Waals surface area contributed by atoms with Crippen molar-refractivity contribution in [2.45, 2.75) is 27.6 Å². The van der Waals surface area contributed by atoms with Crippen LogP contribution in [0.5, 0.6) is 0 Å². The molecule has 2 aliphatic rings. The summed E-state index contributed by atoms with van der Waals surface area (Å²) in [6.07, 6.45) is 0. The average Bonchev–Trinajstić information content (AvgIpc) is 3.39. The normalized spacial score (nSPS) is 20.0. The van der Waals surface area contributed by atoms with Crippen LogP contribution in [0.4, 0.5) is 11.4 Å². The summed E-state index contributed by atoms with van der Waals surface area (Å²) in [5.41, 5.74) is 1.61. The lowest BCUT2D eigenvalue weighted by molar-refractivity contribution is -0.122. The maximum atomic E-state index is 13.8. The predicted octanol–water partition coefficient (Wildman–Crippen LogP) is 2.99. The second-order valence-corrected chi connectivity index (χ2v) is 13.2. The molecule has 1 saturated heterocycles. The summed E-state index contributed by atoms with van der Waals surface area (Å²) in [5.74, 6) is -2.48. The molecule has 208 valence electrons. The van der Waals surface area contributed by atoms with Gasteiger partial charge in [0.25, 0.3) is 0 Å². The number of rotatable bonds is 6. The number of nitrogens with two attached hydrogens (primary N) is 1. The van der Waals surface area contributed by atoms with Crippen molar-refractivity contribution in [3.8, 4) is 0 Å². The number of imide groups is 1. The predicted molar refractivity (Wildman–Crippen MR) is 155 cm³/mol. The van der Waals surface area contributed by atoms with E-state index in [9.17, 15) is 27.6 Å². The molecule has 3 N–H and O–H groups in total. The van der Waals surface area contributed by atoms with E-state index in [-0.39, 0.29) is 28.1 Å². The van der Waals surface area contributed by atoms with Crippen molar-refractivity contribution in [1.82, 2.24) is 4.57 Å². The van der Waals surface area contributed by atoms with Crippen LogP contribution in [0.15, 0.2) is 99.6 Å². The Hall–Kier alpha value is -4.04. The quantitative estimate of drug-likeness (QED) is 0.321. The number of sulfonamides is 1. The van der Waals surface area contributed by atoms with Gasteiger partial charge in [-0.15, -0.1) is 0 Å². The molecule has 0 radical (unpaired) electrons. The van der Waals surface area contributed by atoms with Crippen LogP contribution < -0.4 is 20.2 Å². The van der Waals surface area contributed by atoms with Gasteiger partial charge in [-0.05, 0) is 42.0 Å². The lowest BCUT2D eigenvalue weighted by Gasteiger charge is -2.30. The number of benzene rings is 3. The summed E-state index contributed by atoms with van der Waals surface area (Å²) in [6.45, 7) is -0.335. The molecule has 0 bridgehead atoms. The highest BCUT2D eigenvalue weighted by Crippen LogP contribution is 2.53. The largest absolute Gasteiger partial charge is 0.325 e. The van der Waals surface area contributed by atoms with Crippen molar-refractivity contribution in [3.05, 3.63) is 105 Å². The fourth-order valence-corrected chi connectivity index (χ4v) is 8.47. The zero-order valence-corrected chi connectivity index (χ0v) is 23.6. The van der Waals surface area contributed by atoms with Crippen LogP contribution in [0.1, 0.15) is 16.4 Å². The fraction of sp³-hybridized carbons (Fsp3) is 0.143. The van der Waals surface area contributed by atoms with Gasteiger partial charge < -0.3 is 5.32 Å². The van der Waals surface area contributed by atoms with E-state index in [2.05, 4.69) is 5.32 Å². The minimum atomic E-state index is -3.89. The van der Waals surface area contributed by atoms with Crippen LogP contribution in [0.3, 0.4) is 0 Å². The van der Waals surface area contributed by atoms with E-state index in [1.165, 1.54) is 33.7 Å². The number of aromatic nitrogens is 1. The highest BCUT2D eigenvalue weighted by Gasteiger charge is 2.56. The number of anilines is 2. The number of hydrogen-bond acceptors (Lipinski definition) is 8. The molecule has 41 heavy (non-hydrogen) atoms. The third-order valence-electron chi connectivity index (χ3n) is 6.99. The van der Waals surface area contributed by atoms with E-state index in [1.54, 1.807) is 30.3 Å². The Labute approximate surface area is 242 Å². The Balaban J connectivity index is 1.35. The number of amides is 3. The SMILES string of the molecule is NS(=O)(=O)c1ccc(NC(=O)Cn2c3c(sc2=O)[C@H](c2ccccc2)C2C(=O)N(c4ccccc4)C(=O)C2S3)cc1. The molecule has 0 saturated carbocycles. The third kappa shape index (κ3) is 4.90. The Bertz CT molecular complexity index is 1840. The number of carbonyl (C=O) groups excluding carboxylic acids is 3. The standard InChI is InChI=1S/C28H22N4O6S3/c29-41(37,38)19-13-11-17(12-14-19)30-20(33)15-31-27-24(40-28(31)36)21(16-7-3-1-4-8-16)22-23(39-27)26(35)32(25(22)34)18-9-5-2-6-10-18/h1-14,21-23H,15H2,(H,30,33)(H2,29,37,38)/t21-,22?,23?/m1/s1.